The first-order chi connectivity index (χ1) is 10.7. The second-order valence-corrected chi connectivity index (χ2v) is 7.60. The number of aromatic nitrogens is 3. The Morgan fingerprint density at radius 2 is 2.09 bits per heavy atom. The maximum Gasteiger partial charge on any atom is 0.249 e. The number of sulfone groups is 1. The van der Waals surface area contributed by atoms with Gasteiger partial charge in [-0.25, -0.2) is 22.8 Å². The molecule has 3 heterocycles. The number of anilines is 1. The first kappa shape index (κ1) is 16.1. The third-order valence-corrected chi connectivity index (χ3v) is 4.87. The van der Waals surface area contributed by atoms with Crippen molar-refractivity contribution in [2.24, 2.45) is 0 Å². The summed E-state index contributed by atoms with van der Waals surface area (Å²) in [4.78, 5) is 13.6. The van der Waals surface area contributed by atoms with E-state index in [1.807, 2.05) is 6.92 Å². The van der Waals surface area contributed by atoms with E-state index in [4.69, 9.17) is 16.3 Å². The molecule has 0 spiro atoms. The molecule has 3 rings (SSSR count). The van der Waals surface area contributed by atoms with Gasteiger partial charge in [-0.3, -0.25) is 0 Å². The molecule has 0 fully saturated rings. The molecule has 0 unspecified atom stereocenters. The summed E-state index contributed by atoms with van der Waals surface area (Å²) in [7, 11) is -1.98. The van der Waals surface area contributed by atoms with E-state index < -0.39 is 26.0 Å². The van der Waals surface area contributed by atoms with E-state index in [0.717, 1.165) is 12.7 Å². The number of hydrogen-bond acceptors (Lipinski definition) is 7. The van der Waals surface area contributed by atoms with Crippen LogP contribution < -0.4 is 9.64 Å². The predicted octanol–water partition coefficient (Wildman–Crippen LogP) is 1.83. The average Bonchev–Trinajstić information content (AvgIpc) is 2.62. The van der Waals surface area contributed by atoms with Crippen molar-refractivity contribution in [2.75, 3.05) is 24.8 Å². The summed E-state index contributed by atoms with van der Waals surface area (Å²) in [6.07, 6.45) is 1.69. The highest BCUT2D eigenvalue weighted by atomic mass is 35.5. The number of likely N-dealkylation sites (N-methyl/N-ethyl adjacent to an activating group) is 1. The molecule has 0 N–H and O–H groups in total. The summed E-state index contributed by atoms with van der Waals surface area (Å²) < 4.78 is 43.7. The van der Waals surface area contributed by atoms with E-state index in [1.54, 1.807) is 11.9 Å². The van der Waals surface area contributed by atoms with E-state index in [0.29, 0.717) is 6.61 Å². The minimum absolute atomic E-state index is 0.0726. The molecule has 0 radical (unpaired) electrons. The fourth-order valence-electron chi connectivity index (χ4n) is 2.45. The first-order valence-corrected chi connectivity index (χ1v) is 9.13. The molecule has 0 bridgehead atoms. The first-order valence-electron chi connectivity index (χ1n) is 6.86. The SMILES string of the molecule is CC[C@H]1COc2nc(Cl)c(F)c3nc(S(C)(=O)=O)nc(c23)N1C. The summed E-state index contributed by atoms with van der Waals surface area (Å²) in [6.45, 7) is 2.25. The van der Waals surface area contributed by atoms with Crippen molar-refractivity contribution in [1.82, 2.24) is 15.0 Å². The van der Waals surface area contributed by atoms with Crippen LogP contribution in [0.3, 0.4) is 0 Å². The molecule has 124 valence electrons. The smallest absolute Gasteiger partial charge is 0.249 e. The molecule has 2 aromatic rings. The van der Waals surface area contributed by atoms with E-state index in [-0.39, 0.29) is 28.6 Å². The van der Waals surface area contributed by atoms with Gasteiger partial charge in [-0.1, -0.05) is 18.5 Å². The number of ether oxygens (including phenoxy) is 1. The van der Waals surface area contributed by atoms with Gasteiger partial charge in [0.25, 0.3) is 0 Å². The van der Waals surface area contributed by atoms with E-state index in [9.17, 15) is 12.8 Å². The van der Waals surface area contributed by atoms with Crippen LogP contribution in [-0.4, -0.2) is 49.3 Å². The summed E-state index contributed by atoms with van der Waals surface area (Å²) in [5, 5.41) is -0.664. The Hall–Kier alpha value is -1.74. The van der Waals surface area contributed by atoms with Gasteiger partial charge in [0.2, 0.25) is 20.9 Å². The number of rotatable bonds is 2. The molecule has 0 aliphatic carbocycles. The Bertz CT molecular complexity index is 906. The highest BCUT2D eigenvalue weighted by Gasteiger charge is 2.30. The normalized spacial score (nSPS) is 18.0. The summed E-state index contributed by atoms with van der Waals surface area (Å²) in [5.74, 6) is -0.534. The maximum absolute atomic E-state index is 14.4. The van der Waals surface area contributed by atoms with Crippen LogP contribution in [0.25, 0.3) is 10.9 Å². The number of hydrogen-bond donors (Lipinski definition) is 0. The van der Waals surface area contributed by atoms with Crippen LogP contribution in [0.4, 0.5) is 10.2 Å². The lowest BCUT2D eigenvalue weighted by Gasteiger charge is -2.25. The lowest BCUT2D eigenvalue weighted by atomic mass is 10.2. The lowest BCUT2D eigenvalue weighted by molar-refractivity contribution is 0.279. The lowest BCUT2D eigenvalue weighted by Crippen LogP contribution is -2.35. The van der Waals surface area contributed by atoms with Crippen LogP contribution in [0.2, 0.25) is 5.15 Å². The van der Waals surface area contributed by atoms with Crippen molar-refractivity contribution in [3.8, 4) is 5.88 Å². The molecule has 0 aromatic carbocycles. The van der Waals surface area contributed by atoms with Crippen LogP contribution in [-0.2, 0) is 9.84 Å². The fraction of sp³-hybridized carbons (Fsp3) is 0.462. The van der Waals surface area contributed by atoms with Gasteiger partial charge in [0.1, 0.15) is 23.3 Å². The largest absolute Gasteiger partial charge is 0.475 e. The van der Waals surface area contributed by atoms with Crippen LogP contribution >= 0.6 is 11.6 Å². The van der Waals surface area contributed by atoms with Gasteiger partial charge in [0.05, 0.1) is 6.04 Å². The number of pyridine rings is 1. The third-order valence-electron chi connectivity index (χ3n) is 3.77. The highest BCUT2D eigenvalue weighted by molar-refractivity contribution is 7.90. The van der Waals surface area contributed by atoms with Gasteiger partial charge in [0.15, 0.2) is 11.0 Å². The quantitative estimate of drug-likeness (QED) is 0.596. The van der Waals surface area contributed by atoms with Crippen molar-refractivity contribution >= 4 is 38.2 Å². The highest BCUT2D eigenvalue weighted by Crippen LogP contribution is 2.38. The van der Waals surface area contributed by atoms with Gasteiger partial charge in [-0.2, -0.15) is 4.98 Å². The Morgan fingerprint density at radius 3 is 2.70 bits per heavy atom. The van der Waals surface area contributed by atoms with Crippen molar-refractivity contribution in [2.45, 2.75) is 24.5 Å². The minimum Gasteiger partial charge on any atom is -0.475 e. The molecule has 0 saturated carbocycles. The Balaban J connectivity index is 2.46. The monoisotopic (exact) mass is 360 g/mol. The standard InChI is InChI=1S/C13H14ClFN4O3S/c1-4-6-5-22-12-7-9(8(15)10(14)17-12)16-13(23(3,20)21)18-11(7)19(6)2/h6H,4-5H2,1-3H3/t6-/m0/s1. The van der Waals surface area contributed by atoms with Crippen LogP contribution in [0.15, 0.2) is 5.16 Å². The molecule has 10 heteroatoms. The van der Waals surface area contributed by atoms with Gasteiger partial charge in [-0.05, 0) is 6.42 Å². The van der Waals surface area contributed by atoms with Crippen LogP contribution in [0.5, 0.6) is 5.88 Å². The Labute approximate surface area is 137 Å². The van der Waals surface area contributed by atoms with Gasteiger partial charge in [0, 0.05) is 13.3 Å². The summed E-state index contributed by atoms with van der Waals surface area (Å²) in [6, 6.07) is -0.0726. The Morgan fingerprint density at radius 1 is 1.39 bits per heavy atom. The predicted molar refractivity (Wildman–Crippen MR) is 83.4 cm³/mol. The molecule has 0 amide bonds. The summed E-state index contributed by atoms with van der Waals surface area (Å²) >= 11 is 5.78. The molecule has 2 aromatic heterocycles. The molecule has 1 atom stereocenters. The molecule has 1 aliphatic heterocycles. The zero-order chi connectivity index (χ0) is 16.9. The second-order valence-electron chi connectivity index (χ2n) is 5.33. The zero-order valence-corrected chi connectivity index (χ0v) is 14.2. The van der Waals surface area contributed by atoms with E-state index in [2.05, 4.69) is 15.0 Å². The minimum atomic E-state index is -3.72. The average molecular weight is 361 g/mol. The molecule has 0 saturated heterocycles. The summed E-state index contributed by atoms with van der Waals surface area (Å²) in [5.41, 5.74) is -0.214. The van der Waals surface area contributed by atoms with Crippen molar-refractivity contribution in [3.63, 3.8) is 0 Å². The molecular formula is C13H14ClFN4O3S. The molecular weight excluding hydrogens is 347 g/mol. The van der Waals surface area contributed by atoms with Gasteiger partial charge >= 0.3 is 0 Å². The van der Waals surface area contributed by atoms with Crippen molar-refractivity contribution in [3.05, 3.63) is 11.0 Å². The number of halogens is 2. The topological polar surface area (TPSA) is 85.3 Å². The zero-order valence-electron chi connectivity index (χ0n) is 12.7. The number of nitrogens with zero attached hydrogens (tertiary/aromatic N) is 4. The van der Waals surface area contributed by atoms with E-state index >= 15 is 0 Å². The van der Waals surface area contributed by atoms with Crippen LogP contribution in [0.1, 0.15) is 13.3 Å². The van der Waals surface area contributed by atoms with Gasteiger partial charge in [-0.15, -0.1) is 0 Å². The van der Waals surface area contributed by atoms with Crippen LogP contribution in [0, 0.1) is 5.82 Å². The molecule has 7 nitrogen and oxygen atoms in total. The second kappa shape index (κ2) is 5.41. The van der Waals surface area contributed by atoms with E-state index in [1.165, 1.54) is 0 Å². The maximum atomic E-state index is 14.4. The molecule has 23 heavy (non-hydrogen) atoms. The third kappa shape index (κ3) is 2.57. The molecule has 1 aliphatic rings. The van der Waals surface area contributed by atoms with Crippen molar-refractivity contribution < 1.29 is 17.5 Å². The van der Waals surface area contributed by atoms with Crippen molar-refractivity contribution in [1.29, 1.82) is 0 Å². The van der Waals surface area contributed by atoms with Gasteiger partial charge < -0.3 is 9.64 Å². The fourth-order valence-corrected chi connectivity index (χ4v) is 3.13. The Kier molecular flexibility index (Phi) is 3.80.